The Balaban J connectivity index is 2.75. The molecule has 1 aliphatic carbocycles. The minimum Gasteiger partial charge on any atom is -0.481 e. The largest absolute Gasteiger partial charge is 0.481 e. The maximum Gasteiger partial charge on any atom is 0.307 e. The summed E-state index contributed by atoms with van der Waals surface area (Å²) in [6, 6.07) is -0.148. The molecule has 4 atom stereocenters. The van der Waals surface area contributed by atoms with E-state index >= 15 is 0 Å². The summed E-state index contributed by atoms with van der Waals surface area (Å²) >= 11 is 0. The Kier molecular flexibility index (Phi) is 5.57. The Morgan fingerprint density at radius 2 is 1.80 bits per heavy atom. The van der Waals surface area contributed by atoms with Crippen molar-refractivity contribution in [1.82, 2.24) is 5.32 Å². The molecule has 0 bridgehead atoms. The zero-order valence-electron chi connectivity index (χ0n) is 12.8. The van der Waals surface area contributed by atoms with Crippen LogP contribution in [0, 0.1) is 23.2 Å². The lowest BCUT2D eigenvalue weighted by Gasteiger charge is -2.32. The molecule has 0 aliphatic heterocycles. The molecule has 1 saturated carbocycles. The fourth-order valence-corrected chi connectivity index (χ4v) is 2.98. The van der Waals surface area contributed by atoms with Gasteiger partial charge in [-0.1, -0.05) is 27.7 Å². The molecular formula is C15H27NO4. The molecule has 1 rings (SSSR count). The number of carboxylic acids is 1. The highest BCUT2D eigenvalue weighted by Crippen LogP contribution is 2.37. The van der Waals surface area contributed by atoms with Crippen molar-refractivity contribution in [3.63, 3.8) is 0 Å². The first-order chi connectivity index (χ1) is 9.16. The van der Waals surface area contributed by atoms with E-state index in [0.717, 1.165) is 0 Å². The highest BCUT2D eigenvalue weighted by atomic mass is 16.4. The van der Waals surface area contributed by atoms with Gasteiger partial charge >= 0.3 is 5.97 Å². The third-order valence-electron chi connectivity index (χ3n) is 4.23. The van der Waals surface area contributed by atoms with Gasteiger partial charge in [0.25, 0.3) is 0 Å². The topological polar surface area (TPSA) is 86.6 Å². The van der Waals surface area contributed by atoms with Gasteiger partial charge in [0.05, 0.1) is 11.8 Å². The Morgan fingerprint density at radius 1 is 1.25 bits per heavy atom. The van der Waals surface area contributed by atoms with Crippen LogP contribution in [0.2, 0.25) is 0 Å². The van der Waals surface area contributed by atoms with E-state index in [2.05, 4.69) is 5.32 Å². The predicted octanol–water partition coefficient (Wildman–Crippen LogP) is 1.65. The molecule has 0 radical (unpaired) electrons. The van der Waals surface area contributed by atoms with Gasteiger partial charge in [-0.3, -0.25) is 9.59 Å². The van der Waals surface area contributed by atoms with E-state index in [0.29, 0.717) is 19.3 Å². The van der Waals surface area contributed by atoms with E-state index in [4.69, 9.17) is 5.11 Å². The number of hydrogen-bond donors (Lipinski definition) is 3. The van der Waals surface area contributed by atoms with E-state index in [1.165, 1.54) is 0 Å². The highest BCUT2D eigenvalue weighted by Gasteiger charge is 2.42. The van der Waals surface area contributed by atoms with Crippen LogP contribution in [0.4, 0.5) is 0 Å². The number of carbonyl (C=O) groups excluding carboxylic acids is 1. The van der Waals surface area contributed by atoms with Crippen molar-refractivity contribution in [3.8, 4) is 0 Å². The lowest BCUT2D eigenvalue weighted by Crippen LogP contribution is -2.47. The monoisotopic (exact) mass is 285 g/mol. The van der Waals surface area contributed by atoms with Crippen molar-refractivity contribution in [2.24, 2.45) is 23.2 Å². The summed E-state index contributed by atoms with van der Waals surface area (Å²) in [7, 11) is 0. The van der Waals surface area contributed by atoms with Gasteiger partial charge in [-0.05, 0) is 30.6 Å². The maximum absolute atomic E-state index is 12.4. The fraction of sp³-hybridized carbons (Fsp3) is 0.867. The quantitative estimate of drug-likeness (QED) is 0.717. The van der Waals surface area contributed by atoms with Crippen LogP contribution in [0.25, 0.3) is 0 Å². The van der Waals surface area contributed by atoms with E-state index in [9.17, 15) is 14.7 Å². The number of aliphatic carboxylic acids is 1. The normalized spacial score (nSPS) is 28.1. The molecule has 1 fully saturated rings. The van der Waals surface area contributed by atoms with Crippen molar-refractivity contribution < 1.29 is 19.8 Å². The summed E-state index contributed by atoms with van der Waals surface area (Å²) in [5.41, 5.74) is -0.165. The van der Waals surface area contributed by atoms with E-state index in [1.807, 2.05) is 27.7 Å². The second kappa shape index (κ2) is 6.57. The Bertz CT molecular complexity index is 361. The molecule has 5 heteroatoms. The van der Waals surface area contributed by atoms with Crippen LogP contribution in [-0.4, -0.2) is 34.7 Å². The van der Waals surface area contributed by atoms with Gasteiger partial charge in [-0.2, -0.15) is 0 Å². The van der Waals surface area contributed by atoms with E-state index in [1.54, 1.807) is 0 Å². The third-order valence-corrected chi connectivity index (χ3v) is 4.23. The minimum absolute atomic E-state index is 0.00560. The van der Waals surface area contributed by atoms with Crippen LogP contribution < -0.4 is 5.32 Å². The molecule has 0 saturated heterocycles. The number of nitrogens with one attached hydrogen (secondary N) is 1. The smallest absolute Gasteiger partial charge is 0.307 e. The van der Waals surface area contributed by atoms with Crippen molar-refractivity contribution in [3.05, 3.63) is 0 Å². The van der Waals surface area contributed by atoms with E-state index in [-0.39, 0.29) is 29.9 Å². The molecule has 20 heavy (non-hydrogen) atoms. The molecule has 5 nitrogen and oxygen atoms in total. The summed E-state index contributed by atoms with van der Waals surface area (Å²) in [6.45, 7) is 7.99. The zero-order valence-corrected chi connectivity index (χ0v) is 12.8. The SMILES string of the molecule is CC1C[C@H](C(=O)NC(CCO)C(C)(C)C)[C@H](C(=O)O)C1. The lowest BCUT2D eigenvalue weighted by atomic mass is 9.84. The van der Waals surface area contributed by atoms with Gasteiger partial charge in [0.1, 0.15) is 0 Å². The number of carbonyl (C=O) groups is 2. The molecule has 0 heterocycles. The van der Waals surface area contributed by atoms with Gasteiger partial charge in [-0.25, -0.2) is 0 Å². The van der Waals surface area contributed by atoms with Gasteiger partial charge in [0.15, 0.2) is 0 Å². The van der Waals surface area contributed by atoms with Crippen LogP contribution in [0.3, 0.4) is 0 Å². The summed E-state index contributed by atoms with van der Waals surface area (Å²) in [6.07, 6.45) is 1.67. The highest BCUT2D eigenvalue weighted by molar-refractivity contribution is 5.85. The zero-order chi connectivity index (χ0) is 15.5. The lowest BCUT2D eigenvalue weighted by molar-refractivity contribution is -0.146. The average Bonchev–Trinajstić information content (AvgIpc) is 2.69. The van der Waals surface area contributed by atoms with Crippen LogP contribution in [0.15, 0.2) is 0 Å². The number of carboxylic acid groups (broad SMARTS) is 1. The molecule has 0 aromatic rings. The summed E-state index contributed by atoms with van der Waals surface area (Å²) in [5, 5.41) is 21.3. The van der Waals surface area contributed by atoms with E-state index < -0.39 is 17.8 Å². The number of aliphatic hydroxyl groups is 1. The second-order valence-electron chi connectivity index (χ2n) is 7.07. The van der Waals surface area contributed by atoms with Crippen LogP contribution in [0.1, 0.15) is 47.0 Å². The first kappa shape index (κ1) is 17.0. The Morgan fingerprint density at radius 3 is 2.25 bits per heavy atom. The molecule has 3 N–H and O–H groups in total. The summed E-state index contributed by atoms with van der Waals surface area (Å²) in [5.74, 6) is -1.84. The molecule has 1 amide bonds. The second-order valence-corrected chi connectivity index (χ2v) is 7.07. The van der Waals surface area contributed by atoms with Crippen molar-refractivity contribution in [2.75, 3.05) is 6.61 Å². The first-order valence-corrected chi connectivity index (χ1v) is 7.30. The summed E-state index contributed by atoms with van der Waals surface area (Å²) < 4.78 is 0. The molecule has 1 aliphatic rings. The van der Waals surface area contributed by atoms with Crippen molar-refractivity contribution in [1.29, 1.82) is 0 Å². The first-order valence-electron chi connectivity index (χ1n) is 7.30. The van der Waals surface area contributed by atoms with Gasteiger partial charge in [0.2, 0.25) is 5.91 Å². The van der Waals surface area contributed by atoms with Crippen LogP contribution in [0.5, 0.6) is 0 Å². The van der Waals surface area contributed by atoms with Crippen LogP contribution >= 0.6 is 0 Å². The number of aliphatic hydroxyl groups excluding tert-OH is 1. The molecule has 116 valence electrons. The molecule has 0 spiro atoms. The maximum atomic E-state index is 12.4. The number of amides is 1. The van der Waals surface area contributed by atoms with Gasteiger partial charge in [0, 0.05) is 12.6 Å². The Hall–Kier alpha value is -1.10. The minimum atomic E-state index is -0.885. The number of rotatable bonds is 5. The van der Waals surface area contributed by atoms with Crippen molar-refractivity contribution >= 4 is 11.9 Å². The third kappa shape index (κ3) is 4.20. The Labute approximate surface area is 120 Å². The molecular weight excluding hydrogens is 258 g/mol. The predicted molar refractivity (Wildman–Crippen MR) is 76.1 cm³/mol. The summed E-state index contributed by atoms with van der Waals surface area (Å²) in [4.78, 5) is 23.6. The molecule has 0 aromatic heterocycles. The molecule has 2 unspecified atom stereocenters. The molecule has 0 aromatic carbocycles. The van der Waals surface area contributed by atoms with Crippen molar-refractivity contribution in [2.45, 2.75) is 53.0 Å². The van der Waals surface area contributed by atoms with Gasteiger partial charge in [-0.15, -0.1) is 0 Å². The average molecular weight is 285 g/mol. The fourth-order valence-electron chi connectivity index (χ4n) is 2.98. The number of hydrogen-bond acceptors (Lipinski definition) is 3. The standard InChI is InChI=1S/C15H27NO4/c1-9-7-10(11(8-9)14(19)20)13(18)16-12(5-6-17)15(2,3)4/h9-12,17H,5-8H2,1-4H3,(H,16,18)(H,19,20)/t9?,10-,11+,12?/m0/s1. The van der Waals surface area contributed by atoms with Crippen LogP contribution in [-0.2, 0) is 9.59 Å². The van der Waals surface area contributed by atoms with Gasteiger partial charge < -0.3 is 15.5 Å².